The molecule has 2 rings (SSSR count). The zero-order valence-corrected chi connectivity index (χ0v) is 12.0. The van der Waals surface area contributed by atoms with Gasteiger partial charge < -0.3 is 15.1 Å². The van der Waals surface area contributed by atoms with Crippen molar-refractivity contribution in [2.24, 2.45) is 0 Å². The lowest BCUT2D eigenvalue weighted by atomic mass is 10.2. The number of nitrogens with zero attached hydrogens (tertiary/aromatic N) is 2. The monoisotopic (exact) mass is 265 g/mol. The first kappa shape index (κ1) is 14.3. The molecule has 1 aromatic carbocycles. The average molecular weight is 265 g/mol. The number of fused-ring (bicyclic) bond motifs is 1. The molecule has 0 aromatic heterocycles. The molecule has 4 heteroatoms. The lowest BCUT2D eigenvalue weighted by Gasteiger charge is -2.19. The molecule has 3 nitrogen and oxygen atoms in total. The number of benzene rings is 1. The Bertz CT molecular complexity index is 406. The molecule has 19 heavy (non-hydrogen) atoms. The highest BCUT2D eigenvalue weighted by Gasteiger charge is 2.18. The zero-order chi connectivity index (χ0) is 13.7. The van der Waals surface area contributed by atoms with Gasteiger partial charge in [-0.1, -0.05) is 6.07 Å². The summed E-state index contributed by atoms with van der Waals surface area (Å²) in [6, 6.07) is 5.13. The van der Waals surface area contributed by atoms with E-state index < -0.39 is 0 Å². The Hall–Kier alpha value is -1.13. The molecule has 0 amide bonds. The summed E-state index contributed by atoms with van der Waals surface area (Å²) in [7, 11) is 4.19. The van der Waals surface area contributed by atoms with Crippen LogP contribution in [-0.2, 0) is 6.42 Å². The van der Waals surface area contributed by atoms with Crippen LogP contribution in [-0.4, -0.2) is 51.7 Å². The first-order chi connectivity index (χ1) is 9.16. The number of hydrogen-bond acceptors (Lipinski definition) is 3. The lowest BCUT2D eigenvalue weighted by molar-refractivity contribution is 0.395. The van der Waals surface area contributed by atoms with Crippen LogP contribution in [0.2, 0.25) is 0 Å². The number of anilines is 1. The molecule has 0 fully saturated rings. The number of rotatable bonds is 7. The predicted molar refractivity (Wildman–Crippen MR) is 78.4 cm³/mol. The third kappa shape index (κ3) is 4.18. The van der Waals surface area contributed by atoms with Crippen LogP contribution in [0.3, 0.4) is 0 Å². The van der Waals surface area contributed by atoms with Gasteiger partial charge in [0.25, 0.3) is 0 Å². The summed E-state index contributed by atoms with van der Waals surface area (Å²) in [6.45, 7) is 5.09. The van der Waals surface area contributed by atoms with Crippen LogP contribution < -0.4 is 10.2 Å². The van der Waals surface area contributed by atoms with Crippen molar-refractivity contribution in [1.29, 1.82) is 0 Å². The van der Waals surface area contributed by atoms with E-state index in [0.29, 0.717) is 0 Å². The molecule has 0 spiro atoms. The Kier molecular flexibility index (Phi) is 5.16. The van der Waals surface area contributed by atoms with Gasteiger partial charge in [0.2, 0.25) is 0 Å². The van der Waals surface area contributed by atoms with E-state index in [4.69, 9.17) is 0 Å². The molecule has 0 radical (unpaired) electrons. The van der Waals surface area contributed by atoms with Gasteiger partial charge in [-0.15, -0.1) is 0 Å². The van der Waals surface area contributed by atoms with Crippen LogP contribution in [0.4, 0.5) is 10.1 Å². The van der Waals surface area contributed by atoms with E-state index in [1.54, 1.807) is 12.1 Å². The Balaban J connectivity index is 1.70. The standard InChI is InChI=1S/C15H24FN3/c1-18(2)9-3-7-17-8-11-19-10-6-13-4-5-14(16)12-15(13)19/h4-5,12,17H,3,6-11H2,1-2H3. The Morgan fingerprint density at radius 2 is 2.16 bits per heavy atom. The maximum Gasteiger partial charge on any atom is 0.125 e. The van der Waals surface area contributed by atoms with Crippen molar-refractivity contribution < 1.29 is 4.39 Å². The topological polar surface area (TPSA) is 18.5 Å². The molecule has 1 heterocycles. The van der Waals surface area contributed by atoms with Gasteiger partial charge in [0.1, 0.15) is 5.82 Å². The van der Waals surface area contributed by atoms with E-state index >= 15 is 0 Å². The molecule has 1 aliphatic rings. The molecule has 0 unspecified atom stereocenters. The first-order valence-electron chi connectivity index (χ1n) is 7.05. The van der Waals surface area contributed by atoms with Gasteiger partial charge in [0.05, 0.1) is 0 Å². The molecule has 0 saturated heterocycles. The average Bonchev–Trinajstić information content (AvgIpc) is 2.76. The van der Waals surface area contributed by atoms with Crippen LogP contribution in [0, 0.1) is 5.82 Å². The molecule has 1 aromatic rings. The summed E-state index contributed by atoms with van der Waals surface area (Å²) in [6.07, 6.45) is 2.20. The summed E-state index contributed by atoms with van der Waals surface area (Å²) < 4.78 is 13.3. The van der Waals surface area contributed by atoms with Crippen molar-refractivity contribution in [1.82, 2.24) is 10.2 Å². The summed E-state index contributed by atoms with van der Waals surface area (Å²) >= 11 is 0. The first-order valence-corrected chi connectivity index (χ1v) is 7.05. The van der Waals surface area contributed by atoms with Crippen molar-refractivity contribution in [2.75, 3.05) is 51.7 Å². The van der Waals surface area contributed by atoms with Gasteiger partial charge in [-0.2, -0.15) is 0 Å². The van der Waals surface area contributed by atoms with E-state index in [9.17, 15) is 4.39 Å². The van der Waals surface area contributed by atoms with Gasteiger partial charge >= 0.3 is 0 Å². The summed E-state index contributed by atoms with van der Waals surface area (Å²) in [5, 5.41) is 3.45. The second kappa shape index (κ2) is 6.87. The molecule has 106 valence electrons. The van der Waals surface area contributed by atoms with Crippen molar-refractivity contribution in [3.63, 3.8) is 0 Å². The Labute approximate surface area is 115 Å². The fourth-order valence-electron chi connectivity index (χ4n) is 2.51. The van der Waals surface area contributed by atoms with Gasteiger partial charge in [-0.25, -0.2) is 4.39 Å². The largest absolute Gasteiger partial charge is 0.370 e. The minimum Gasteiger partial charge on any atom is -0.370 e. The van der Waals surface area contributed by atoms with Crippen molar-refractivity contribution in [2.45, 2.75) is 12.8 Å². The third-order valence-corrected chi connectivity index (χ3v) is 3.56. The number of halogens is 1. The highest BCUT2D eigenvalue weighted by molar-refractivity contribution is 5.58. The highest BCUT2D eigenvalue weighted by Crippen LogP contribution is 2.27. The minimum atomic E-state index is -0.135. The SMILES string of the molecule is CN(C)CCCNCCN1CCc2ccc(F)cc21. The highest BCUT2D eigenvalue weighted by atomic mass is 19.1. The van der Waals surface area contributed by atoms with Crippen molar-refractivity contribution in [3.8, 4) is 0 Å². The zero-order valence-electron chi connectivity index (χ0n) is 12.0. The van der Waals surface area contributed by atoms with Gasteiger partial charge in [-0.3, -0.25) is 0 Å². The maximum absolute atomic E-state index is 13.3. The second-order valence-electron chi connectivity index (χ2n) is 5.42. The molecule has 0 bridgehead atoms. The molecule has 0 aliphatic carbocycles. The van der Waals surface area contributed by atoms with Crippen molar-refractivity contribution in [3.05, 3.63) is 29.6 Å². The summed E-state index contributed by atoms with van der Waals surface area (Å²) in [5.41, 5.74) is 2.35. The predicted octanol–water partition coefficient (Wildman–Crippen LogP) is 1.73. The molecule has 1 aliphatic heterocycles. The Morgan fingerprint density at radius 3 is 2.95 bits per heavy atom. The fraction of sp³-hybridized carbons (Fsp3) is 0.600. The normalized spacial score (nSPS) is 14.2. The van der Waals surface area contributed by atoms with Crippen molar-refractivity contribution >= 4 is 5.69 Å². The number of hydrogen-bond donors (Lipinski definition) is 1. The van der Waals surface area contributed by atoms with E-state index in [2.05, 4.69) is 29.2 Å². The third-order valence-electron chi connectivity index (χ3n) is 3.56. The molecule has 1 N–H and O–H groups in total. The summed E-state index contributed by atoms with van der Waals surface area (Å²) in [5.74, 6) is -0.135. The lowest BCUT2D eigenvalue weighted by Crippen LogP contribution is -2.32. The number of nitrogens with one attached hydrogen (secondary N) is 1. The van der Waals surface area contributed by atoms with Crippen LogP contribution in [0.1, 0.15) is 12.0 Å². The van der Waals surface area contributed by atoms with E-state index in [0.717, 1.165) is 51.3 Å². The van der Waals surface area contributed by atoms with Crippen LogP contribution in [0.25, 0.3) is 0 Å². The minimum absolute atomic E-state index is 0.135. The van der Waals surface area contributed by atoms with E-state index in [1.165, 1.54) is 5.56 Å². The Morgan fingerprint density at radius 1 is 1.32 bits per heavy atom. The van der Waals surface area contributed by atoms with Crippen LogP contribution >= 0.6 is 0 Å². The fourth-order valence-corrected chi connectivity index (χ4v) is 2.51. The molecular weight excluding hydrogens is 241 g/mol. The second-order valence-corrected chi connectivity index (χ2v) is 5.42. The van der Waals surface area contributed by atoms with Crippen LogP contribution in [0.5, 0.6) is 0 Å². The van der Waals surface area contributed by atoms with E-state index in [1.807, 2.05) is 6.07 Å². The van der Waals surface area contributed by atoms with Crippen LogP contribution in [0.15, 0.2) is 18.2 Å². The van der Waals surface area contributed by atoms with Gasteiger partial charge in [0, 0.05) is 25.3 Å². The maximum atomic E-state index is 13.3. The molecular formula is C15H24FN3. The smallest absolute Gasteiger partial charge is 0.125 e. The summed E-state index contributed by atoms with van der Waals surface area (Å²) in [4.78, 5) is 4.47. The molecule has 0 atom stereocenters. The van der Waals surface area contributed by atoms with E-state index in [-0.39, 0.29) is 5.82 Å². The quantitative estimate of drug-likeness (QED) is 0.758. The van der Waals surface area contributed by atoms with Gasteiger partial charge in [0.15, 0.2) is 0 Å². The molecule has 0 saturated carbocycles. The van der Waals surface area contributed by atoms with Gasteiger partial charge in [-0.05, 0) is 57.7 Å².